The molecule has 8 heteroatoms. The van der Waals surface area contributed by atoms with E-state index < -0.39 is 5.97 Å². The molecule has 0 spiro atoms. The Kier molecular flexibility index (Phi) is 6.06. The van der Waals surface area contributed by atoms with Gasteiger partial charge in [-0.1, -0.05) is 30.2 Å². The number of hydrogen-bond acceptors (Lipinski definition) is 5. The van der Waals surface area contributed by atoms with Gasteiger partial charge in [-0.05, 0) is 55.0 Å². The minimum absolute atomic E-state index is 0.258. The number of nitrogens with one attached hydrogen (secondary N) is 1. The molecular weight excluding hydrogens is 380 g/mol. The predicted molar refractivity (Wildman–Crippen MR) is 106 cm³/mol. The fourth-order valence-electron chi connectivity index (χ4n) is 2.73. The van der Waals surface area contributed by atoms with E-state index in [9.17, 15) is 9.59 Å². The molecule has 0 saturated heterocycles. The molecule has 0 aliphatic carbocycles. The Balaban J connectivity index is 1.85. The Morgan fingerprint density at radius 3 is 2.39 bits per heavy atom. The zero-order chi connectivity index (χ0) is 20.1. The average Bonchev–Trinajstić information content (AvgIpc) is 3.12. The van der Waals surface area contributed by atoms with Crippen molar-refractivity contribution in [2.45, 2.75) is 19.8 Å². The summed E-state index contributed by atoms with van der Waals surface area (Å²) in [6.45, 7) is 2.02. The number of amides is 1. The van der Waals surface area contributed by atoms with Crippen LogP contribution in [0.3, 0.4) is 0 Å². The second-order valence-corrected chi connectivity index (χ2v) is 6.48. The van der Waals surface area contributed by atoms with Gasteiger partial charge in [-0.3, -0.25) is 4.79 Å². The highest BCUT2D eigenvalue weighted by atomic mass is 35.5. The molecular formula is C20H19ClN4O3. The molecule has 0 aliphatic heterocycles. The van der Waals surface area contributed by atoms with Crippen LogP contribution in [-0.2, 0) is 11.2 Å². The van der Waals surface area contributed by atoms with E-state index in [1.54, 1.807) is 41.1 Å². The van der Waals surface area contributed by atoms with Crippen molar-refractivity contribution in [3.63, 3.8) is 0 Å². The average molecular weight is 399 g/mol. The summed E-state index contributed by atoms with van der Waals surface area (Å²) in [4.78, 5) is 24.2. The molecule has 1 aromatic heterocycles. The summed E-state index contributed by atoms with van der Waals surface area (Å²) in [5, 5.41) is 11.6. The van der Waals surface area contributed by atoms with Crippen molar-refractivity contribution >= 4 is 29.2 Å². The predicted octanol–water partition coefficient (Wildman–Crippen LogP) is 3.91. The normalized spacial score (nSPS) is 10.5. The van der Waals surface area contributed by atoms with Crippen LogP contribution in [0.2, 0.25) is 5.02 Å². The van der Waals surface area contributed by atoms with Crippen LogP contribution in [0.25, 0.3) is 5.69 Å². The second-order valence-electron chi connectivity index (χ2n) is 6.05. The minimum atomic E-state index is -0.436. The number of hydrogen-bond donors (Lipinski definition) is 1. The zero-order valence-corrected chi connectivity index (χ0v) is 16.2. The fourth-order valence-corrected chi connectivity index (χ4v) is 2.85. The van der Waals surface area contributed by atoms with E-state index in [-0.39, 0.29) is 11.6 Å². The number of nitrogens with zero attached hydrogens (tertiary/aromatic N) is 3. The third-order valence-electron chi connectivity index (χ3n) is 4.10. The van der Waals surface area contributed by atoms with Crippen LogP contribution >= 0.6 is 11.6 Å². The largest absolute Gasteiger partial charge is 0.465 e. The van der Waals surface area contributed by atoms with Gasteiger partial charge < -0.3 is 10.1 Å². The number of anilines is 1. The summed E-state index contributed by atoms with van der Waals surface area (Å²) >= 11 is 5.95. The summed E-state index contributed by atoms with van der Waals surface area (Å²) in [5.41, 5.74) is 2.70. The molecule has 1 heterocycles. The SMILES string of the molecule is CCCc1c(C(=O)Nc2ccc(C(=O)OC)cc2)nnn1-c1ccc(Cl)cc1. The van der Waals surface area contributed by atoms with Gasteiger partial charge in [-0.25, -0.2) is 9.48 Å². The molecule has 0 unspecified atom stereocenters. The lowest BCUT2D eigenvalue weighted by molar-refractivity contribution is 0.0600. The van der Waals surface area contributed by atoms with Gasteiger partial charge in [0, 0.05) is 10.7 Å². The number of aromatic nitrogens is 3. The first-order valence-corrected chi connectivity index (χ1v) is 9.11. The van der Waals surface area contributed by atoms with E-state index in [2.05, 4.69) is 20.4 Å². The minimum Gasteiger partial charge on any atom is -0.465 e. The molecule has 0 atom stereocenters. The Bertz CT molecular complexity index is 982. The Morgan fingerprint density at radius 2 is 1.79 bits per heavy atom. The molecule has 0 radical (unpaired) electrons. The second kappa shape index (κ2) is 8.67. The van der Waals surface area contributed by atoms with Crippen molar-refractivity contribution in [3.8, 4) is 5.69 Å². The molecule has 0 bridgehead atoms. The highest BCUT2D eigenvalue weighted by Gasteiger charge is 2.20. The number of benzene rings is 2. The molecule has 7 nitrogen and oxygen atoms in total. The molecule has 2 aromatic carbocycles. The number of esters is 1. The Labute approximate surface area is 167 Å². The molecule has 1 amide bonds. The monoisotopic (exact) mass is 398 g/mol. The van der Waals surface area contributed by atoms with Crippen LogP contribution in [-0.4, -0.2) is 34.0 Å². The Morgan fingerprint density at radius 1 is 1.11 bits per heavy atom. The van der Waals surface area contributed by atoms with Gasteiger partial charge >= 0.3 is 5.97 Å². The standard InChI is InChI=1S/C20H19ClN4O3/c1-3-4-17-18(23-24-25(17)16-11-7-14(21)8-12-16)19(26)22-15-9-5-13(6-10-15)20(27)28-2/h5-12H,3-4H2,1-2H3,(H,22,26). The summed E-state index contributed by atoms with van der Waals surface area (Å²) in [7, 11) is 1.32. The molecule has 0 aliphatic rings. The van der Waals surface area contributed by atoms with Crippen molar-refractivity contribution in [1.29, 1.82) is 0 Å². The third-order valence-corrected chi connectivity index (χ3v) is 4.35. The van der Waals surface area contributed by atoms with Crippen LogP contribution < -0.4 is 5.32 Å². The van der Waals surface area contributed by atoms with Crippen molar-refractivity contribution in [2.24, 2.45) is 0 Å². The first-order chi connectivity index (χ1) is 13.5. The summed E-state index contributed by atoms with van der Waals surface area (Å²) < 4.78 is 6.31. The van der Waals surface area contributed by atoms with E-state index in [1.165, 1.54) is 7.11 Å². The van der Waals surface area contributed by atoms with Gasteiger partial charge in [0.05, 0.1) is 24.1 Å². The lowest BCUT2D eigenvalue weighted by atomic mass is 10.1. The molecule has 0 fully saturated rings. The Hall–Kier alpha value is -3.19. The maximum atomic E-state index is 12.7. The van der Waals surface area contributed by atoms with E-state index in [0.717, 1.165) is 12.1 Å². The van der Waals surface area contributed by atoms with E-state index in [1.807, 2.05) is 19.1 Å². The van der Waals surface area contributed by atoms with Gasteiger partial charge in [-0.2, -0.15) is 0 Å². The lowest BCUT2D eigenvalue weighted by Gasteiger charge is -2.08. The van der Waals surface area contributed by atoms with Crippen LogP contribution in [0.5, 0.6) is 0 Å². The van der Waals surface area contributed by atoms with Gasteiger partial charge in [0.25, 0.3) is 5.91 Å². The van der Waals surface area contributed by atoms with Gasteiger partial charge in [0.2, 0.25) is 0 Å². The topological polar surface area (TPSA) is 86.1 Å². The maximum absolute atomic E-state index is 12.7. The number of ether oxygens (including phenoxy) is 1. The van der Waals surface area contributed by atoms with Crippen molar-refractivity contribution in [3.05, 3.63) is 70.5 Å². The molecule has 144 valence electrons. The first kappa shape index (κ1) is 19.6. The van der Waals surface area contributed by atoms with Crippen LogP contribution in [0.4, 0.5) is 5.69 Å². The third kappa shape index (κ3) is 4.20. The molecule has 3 rings (SSSR count). The fraction of sp³-hybridized carbons (Fsp3) is 0.200. The number of methoxy groups -OCH3 is 1. The van der Waals surface area contributed by atoms with Crippen LogP contribution in [0.1, 0.15) is 39.9 Å². The molecule has 1 N–H and O–H groups in total. The molecule has 0 saturated carbocycles. The number of halogens is 1. The lowest BCUT2D eigenvalue weighted by Crippen LogP contribution is -2.15. The van der Waals surface area contributed by atoms with Crippen molar-refractivity contribution in [1.82, 2.24) is 15.0 Å². The zero-order valence-electron chi connectivity index (χ0n) is 15.5. The van der Waals surface area contributed by atoms with Crippen molar-refractivity contribution < 1.29 is 14.3 Å². The van der Waals surface area contributed by atoms with Gasteiger partial charge in [0.15, 0.2) is 5.69 Å². The smallest absolute Gasteiger partial charge is 0.337 e. The summed E-state index contributed by atoms with van der Waals surface area (Å²) in [5.74, 6) is -0.802. The van der Waals surface area contributed by atoms with E-state index in [0.29, 0.717) is 28.4 Å². The molecule has 28 heavy (non-hydrogen) atoms. The first-order valence-electron chi connectivity index (χ1n) is 8.73. The van der Waals surface area contributed by atoms with Gasteiger partial charge in [-0.15, -0.1) is 5.10 Å². The van der Waals surface area contributed by atoms with Crippen LogP contribution in [0, 0.1) is 0 Å². The van der Waals surface area contributed by atoms with Crippen molar-refractivity contribution in [2.75, 3.05) is 12.4 Å². The number of rotatable bonds is 6. The van der Waals surface area contributed by atoms with Gasteiger partial charge in [0.1, 0.15) is 0 Å². The number of carbonyl (C=O) groups is 2. The highest BCUT2D eigenvalue weighted by molar-refractivity contribution is 6.30. The quantitative estimate of drug-likeness (QED) is 0.636. The van der Waals surface area contributed by atoms with E-state index >= 15 is 0 Å². The highest BCUT2D eigenvalue weighted by Crippen LogP contribution is 2.19. The maximum Gasteiger partial charge on any atom is 0.337 e. The summed E-state index contributed by atoms with van der Waals surface area (Å²) in [6.07, 6.45) is 1.47. The summed E-state index contributed by atoms with van der Waals surface area (Å²) in [6, 6.07) is 13.6. The van der Waals surface area contributed by atoms with E-state index in [4.69, 9.17) is 11.6 Å². The number of carbonyl (C=O) groups excluding carboxylic acids is 2. The molecule has 3 aromatic rings. The van der Waals surface area contributed by atoms with Crippen LogP contribution in [0.15, 0.2) is 48.5 Å².